The van der Waals surface area contributed by atoms with E-state index in [-0.39, 0.29) is 0 Å². The van der Waals surface area contributed by atoms with Crippen molar-refractivity contribution in [2.75, 3.05) is 59.5 Å². The van der Waals surface area contributed by atoms with Crippen LogP contribution < -0.4 is 5.73 Å². The van der Waals surface area contributed by atoms with Crippen molar-refractivity contribution in [2.24, 2.45) is 5.73 Å². The lowest BCUT2D eigenvalue weighted by atomic mass is 10.2. The molecule has 0 aliphatic carbocycles. The zero-order chi connectivity index (χ0) is 11.6. The largest absolute Gasteiger partial charge is 0.385 e. The van der Waals surface area contributed by atoms with Crippen LogP contribution in [0.4, 0.5) is 0 Å². The van der Waals surface area contributed by atoms with Gasteiger partial charge in [-0.05, 0) is 38.9 Å². The highest BCUT2D eigenvalue weighted by Gasteiger charge is 2.15. The minimum absolute atomic E-state index is 0.817. The standard InChI is InChI=1S/C12H27N3O/c1-16-12-3-2-6-14-8-10-15(11-9-14)7-4-5-13/h2-13H2,1H3. The summed E-state index contributed by atoms with van der Waals surface area (Å²) >= 11 is 0. The lowest BCUT2D eigenvalue weighted by Crippen LogP contribution is -2.47. The van der Waals surface area contributed by atoms with Gasteiger partial charge in [-0.15, -0.1) is 0 Å². The normalized spacial score (nSPS) is 19.1. The van der Waals surface area contributed by atoms with Gasteiger partial charge in [0, 0.05) is 39.9 Å². The van der Waals surface area contributed by atoms with Crippen molar-refractivity contribution in [1.82, 2.24) is 9.80 Å². The highest BCUT2D eigenvalue weighted by atomic mass is 16.5. The molecule has 0 aromatic heterocycles. The Hall–Kier alpha value is -0.160. The molecule has 0 aromatic carbocycles. The minimum atomic E-state index is 0.817. The summed E-state index contributed by atoms with van der Waals surface area (Å²) in [5.74, 6) is 0. The molecular weight excluding hydrogens is 202 g/mol. The zero-order valence-corrected chi connectivity index (χ0v) is 10.7. The molecule has 1 aliphatic rings. The number of unbranched alkanes of at least 4 members (excludes halogenated alkanes) is 1. The summed E-state index contributed by atoms with van der Waals surface area (Å²) in [6.45, 7) is 8.99. The number of methoxy groups -OCH3 is 1. The molecule has 0 amide bonds. The summed E-state index contributed by atoms with van der Waals surface area (Å²) in [4.78, 5) is 5.09. The smallest absolute Gasteiger partial charge is 0.0462 e. The van der Waals surface area contributed by atoms with Crippen molar-refractivity contribution >= 4 is 0 Å². The van der Waals surface area contributed by atoms with Gasteiger partial charge in [-0.25, -0.2) is 0 Å². The van der Waals surface area contributed by atoms with Crippen LogP contribution >= 0.6 is 0 Å². The molecule has 1 saturated heterocycles. The Morgan fingerprint density at radius 2 is 1.50 bits per heavy atom. The number of nitrogens with zero attached hydrogens (tertiary/aromatic N) is 2. The molecular formula is C12H27N3O. The van der Waals surface area contributed by atoms with Crippen LogP contribution in [0.15, 0.2) is 0 Å². The van der Waals surface area contributed by atoms with E-state index in [9.17, 15) is 0 Å². The van der Waals surface area contributed by atoms with E-state index in [1.165, 1.54) is 52.1 Å². The van der Waals surface area contributed by atoms with Crippen LogP contribution in [-0.4, -0.2) is 69.3 Å². The van der Waals surface area contributed by atoms with Gasteiger partial charge in [0.05, 0.1) is 0 Å². The second-order valence-corrected chi connectivity index (χ2v) is 4.53. The Balaban J connectivity index is 1.98. The van der Waals surface area contributed by atoms with E-state index in [0.717, 1.165) is 19.6 Å². The first-order valence-corrected chi connectivity index (χ1v) is 6.50. The van der Waals surface area contributed by atoms with Crippen LogP contribution in [-0.2, 0) is 4.74 Å². The average Bonchev–Trinajstić information content (AvgIpc) is 2.33. The summed E-state index contributed by atoms with van der Waals surface area (Å²) in [7, 11) is 1.77. The van der Waals surface area contributed by atoms with Gasteiger partial charge < -0.3 is 20.3 Å². The fourth-order valence-electron chi connectivity index (χ4n) is 2.13. The summed E-state index contributed by atoms with van der Waals surface area (Å²) in [5, 5.41) is 0. The molecule has 1 aliphatic heterocycles. The SMILES string of the molecule is COCCCCN1CCN(CCCN)CC1. The molecule has 0 spiro atoms. The Labute approximate surface area is 99.7 Å². The molecule has 0 radical (unpaired) electrons. The third kappa shape index (κ3) is 5.80. The maximum atomic E-state index is 5.52. The summed E-state index contributed by atoms with van der Waals surface area (Å²) in [6, 6.07) is 0. The first kappa shape index (κ1) is 13.9. The van der Waals surface area contributed by atoms with E-state index >= 15 is 0 Å². The number of hydrogen-bond donors (Lipinski definition) is 1. The molecule has 0 bridgehead atoms. The summed E-state index contributed by atoms with van der Waals surface area (Å²) < 4.78 is 5.05. The van der Waals surface area contributed by atoms with E-state index in [4.69, 9.17) is 10.5 Å². The molecule has 4 heteroatoms. The van der Waals surface area contributed by atoms with Gasteiger partial charge in [0.15, 0.2) is 0 Å². The fraction of sp³-hybridized carbons (Fsp3) is 1.00. The van der Waals surface area contributed by atoms with Crippen LogP contribution in [0.2, 0.25) is 0 Å². The highest BCUT2D eigenvalue weighted by Crippen LogP contribution is 2.04. The molecule has 2 N–H and O–H groups in total. The molecule has 1 fully saturated rings. The van der Waals surface area contributed by atoms with Gasteiger partial charge in [0.1, 0.15) is 0 Å². The zero-order valence-electron chi connectivity index (χ0n) is 10.7. The molecule has 1 rings (SSSR count). The lowest BCUT2D eigenvalue weighted by molar-refractivity contribution is 0.125. The van der Waals surface area contributed by atoms with Crippen molar-refractivity contribution in [1.29, 1.82) is 0 Å². The molecule has 96 valence electrons. The van der Waals surface area contributed by atoms with Gasteiger partial charge in [0.25, 0.3) is 0 Å². The first-order chi connectivity index (χ1) is 7.86. The monoisotopic (exact) mass is 229 g/mol. The van der Waals surface area contributed by atoms with Crippen molar-refractivity contribution in [3.8, 4) is 0 Å². The third-order valence-corrected chi connectivity index (χ3v) is 3.22. The molecule has 1 heterocycles. The number of rotatable bonds is 8. The van der Waals surface area contributed by atoms with Crippen molar-refractivity contribution in [3.63, 3.8) is 0 Å². The van der Waals surface area contributed by atoms with Gasteiger partial charge in [-0.3, -0.25) is 0 Å². The van der Waals surface area contributed by atoms with E-state index < -0.39 is 0 Å². The topological polar surface area (TPSA) is 41.7 Å². The second-order valence-electron chi connectivity index (χ2n) is 4.53. The minimum Gasteiger partial charge on any atom is -0.385 e. The van der Waals surface area contributed by atoms with Crippen molar-refractivity contribution in [3.05, 3.63) is 0 Å². The van der Waals surface area contributed by atoms with Gasteiger partial charge >= 0.3 is 0 Å². The van der Waals surface area contributed by atoms with E-state index in [2.05, 4.69) is 9.80 Å². The Bertz CT molecular complexity index is 158. The quantitative estimate of drug-likeness (QED) is 0.611. The Morgan fingerprint density at radius 3 is 2.00 bits per heavy atom. The van der Waals surface area contributed by atoms with Crippen molar-refractivity contribution < 1.29 is 4.74 Å². The highest BCUT2D eigenvalue weighted by molar-refractivity contribution is 4.71. The molecule has 0 aromatic rings. The first-order valence-electron chi connectivity index (χ1n) is 6.50. The molecule has 0 saturated carbocycles. The Morgan fingerprint density at radius 1 is 0.938 bits per heavy atom. The Kier molecular flexibility index (Phi) is 7.76. The third-order valence-electron chi connectivity index (χ3n) is 3.22. The average molecular weight is 229 g/mol. The van der Waals surface area contributed by atoms with Crippen LogP contribution in [0.5, 0.6) is 0 Å². The van der Waals surface area contributed by atoms with E-state index in [0.29, 0.717) is 0 Å². The fourth-order valence-corrected chi connectivity index (χ4v) is 2.13. The van der Waals surface area contributed by atoms with Crippen LogP contribution in [0, 0.1) is 0 Å². The number of piperazine rings is 1. The maximum absolute atomic E-state index is 5.52. The molecule has 4 nitrogen and oxygen atoms in total. The van der Waals surface area contributed by atoms with Crippen molar-refractivity contribution in [2.45, 2.75) is 19.3 Å². The van der Waals surface area contributed by atoms with Gasteiger partial charge in [0.2, 0.25) is 0 Å². The summed E-state index contributed by atoms with van der Waals surface area (Å²) in [5.41, 5.74) is 5.52. The molecule has 16 heavy (non-hydrogen) atoms. The maximum Gasteiger partial charge on any atom is 0.0462 e. The molecule has 0 unspecified atom stereocenters. The number of ether oxygens (including phenoxy) is 1. The predicted molar refractivity (Wildman–Crippen MR) is 67.7 cm³/mol. The number of nitrogens with two attached hydrogens (primary N) is 1. The second kappa shape index (κ2) is 8.93. The van der Waals surface area contributed by atoms with Crippen LogP contribution in [0.1, 0.15) is 19.3 Å². The lowest BCUT2D eigenvalue weighted by Gasteiger charge is -2.34. The van der Waals surface area contributed by atoms with Crippen LogP contribution in [0.3, 0.4) is 0 Å². The predicted octanol–water partition coefficient (Wildman–Crippen LogP) is 0.379. The van der Waals surface area contributed by atoms with Gasteiger partial charge in [-0.2, -0.15) is 0 Å². The summed E-state index contributed by atoms with van der Waals surface area (Å²) in [6.07, 6.45) is 3.58. The molecule has 0 atom stereocenters. The number of hydrogen-bond acceptors (Lipinski definition) is 4. The van der Waals surface area contributed by atoms with Crippen LogP contribution in [0.25, 0.3) is 0 Å². The van der Waals surface area contributed by atoms with E-state index in [1.54, 1.807) is 7.11 Å². The van der Waals surface area contributed by atoms with Gasteiger partial charge in [-0.1, -0.05) is 0 Å². The van der Waals surface area contributed by atoms with E-state index in [1.807, 2.05) is 0 Å².